The molecule has 0 fully saturated rings. The fourth-order valence-electron chi connectivity index (χ4n) is 3.82. The van der Waals surface area contributed by atoms with E-state index >= 15 is 0 Å². The molecule has 1 aromatic heterocycles. The third-order valence-corrected chi connectivity index (χ3v) is 5.34. The Labute approximate surface area is 171 Å². The standard InChI is InChI=1S/C23H15ClFN3O/c24-16-9-11-18(12-10-16)28-22(15-7-4-8-17(25)13-15)19-20(14-5-2-1-3-6-14)26-27-21(19)23(28)29/h1-13,22H,(H,26,27)/t22-/m1/s1. The Balaban J connectivity index is 1.74. The highest BCUT2D eigenvalue weighted by atomic mass is 35.5. The molecule has 0 radical (unpaired) electrons. The average Bonchev–Trinajstić information content (AvgIpc) is 3.28. The molecular weight excluding hydrogens is 389 g/mol. The highest BCUT2D eigenvalue weighted by molar-refractivity contribution is 6.30. The lowest BCUT2D eigenvalue weighted by molar-refractivity contribution is 0.0988. The lowest BCUT2D eigenvalue weighted by Gasteiger charge is -2.26. The van der Waals surface area contributed by atoms with Crippen molar-refractivity contribution in [2.45, 2.75) is 6.04 Å². The summed E-state index contributed by atoms with van der Waals surface area (Å²) in [6, 6.07) is 22.5. The zero-order chi connectivity index (χ0) is 20.0. The molecule has 0 bridgehead atoms. The van der Waals surface area contributed by atoms with E-state index in [0.717, 1.165) is 11.1 Å². The molecule has 0 spiro atoms. The van der Waals surface area contributed by atoms with E-state index in [9.17, 15) is 9.18 Å². The highest BCUT2D eigenvalue weighted by Gasteiger charge is 2.43. The number of benzene rings is 3. The van der Waals surface area contributed by atoms with E-state index in [1.165, 1.54) is 12.1 Å². The van der Waals surface area contributed by atoms with Crippen LogP contribution in [0.1, 0.15) is 27.7 Å². The first-order valence-electron chi connectivity index (χ1n) is 9.12. The van der Waals surface area contributed by atoms with Crippen LogP contribution in [0.2, 0.25) is 5.02 Å². The predicted octanol–water partition coefficient (Wildman–Crippen LogP) is 5.62. The van der Waals surface area contributed by atoms with Crippen molar-refractivity contribution in [3.8, 4) is 11.3 Å². The summed E-state index contributed by atoms with van der Waals surface area (Å²) in [6.07, 6.45) is 0. The number of hydrogen-bond acceptors (Lipinski definition) is 2. The predicted molar refractivity (Wildman–Crippen MR) is 111 cm³/mol. The quantitative estimate of drug-likeness (QED) is 0.482. The van der Waals surface area contributed by atoms with Gasteiger partial charge in [0.15, 0.2) is 0 Å². The molecule has 4 aromatic rings. The van der Waals surface area contributed by atoms with E-state index < -0.39 is 6.04 Å². The topological polar surface area (TPSA) is 49.0 Å². The fraction of sp³-hybridized carbons (Fsp3) is 0.0435. The molecule has 5 rings (SSSR count). The minimum atomic E-state index is -0.511. The summed E-state index contributed by atoms with van der Waals surface area (Å²) < 4.78 is 14.1. The highest BCUT2D eigenvalue weighted by Crippen LogP contribution is 2.45. The second kappa shape index (κ2) is 6.87. The maximum atomic E-state index is 14.1. The molecule has 29 heavy (non-hydrogen) atoms. The van der Waals surface area contributed by atoms with Gasteiger partial charge in [-0.2, -0.15) is 5.10 Å². The Morgan fingerprint density at radius 1 is 0.966 bits per heavy atom. The number of carbonyl (C=O) groups excluding carboxylic acids is 1. The second-order valence-corrected chi connectivity index (χ2v) is 7.27. The van der Waals surface area contributed by atoms with E-state index in [0.29, 0.717) is 27.7 Å². The zero-order valence-electron chi connectivity index (χ0n) is 15.1. The number of anilines is 1. The van der Waals surface area contributed by atoms with Gasteiger partial charge in [0.2, 0.25) is 0 Å². The first-order chi connectivity index (χ1) is 14.1. The lowest BCUT2D eigenvalue weighted by atomic mass is 9.96. The maximum absolute atomic E-state index is 14.1. The number of carbonyl (C=O) groups is 1. The van der Waals surface area contributed by atoms with Gasteiger partial charge < -0.3 is 0 Å². The molecule has 3 aromatic carbocycles. The van der Waals surface area contributed by atoms with E-state index in [4.69, 9.17) is 11.6 Å². The van der Waals surface area contributed by atoms with Crippen molar-refractivity contribution in [3.63, 3.8) is 0 Å². The maximum Gasteiger partial charge on any atom is 0.277 e. The molecule has 142 valence electrons. The molecule has 1 aliphatic heterocycles. The molecule has 1 N–H and O–H groups in total. The Morgan fingerprint density at radius 3 is 2.45 bits per heavy atom. The molecule has 4 nitrogen and oxygen atoms in total. The first kappa shape index (κ1) is 17.6. The number of fused-ring (bicyclic) bond motifs is 1. The number of nitrogens with zero attached hydrogens (tertiary/aromatic N) is 2. The number of H-pyrrole nitrogens is 1. The van der Waals surface area contributed by atoms with Crippen LogP contribution >= 0.6 is 11.6 Å². The van der Waals surface area contributed by atoms with Crippen LogP contribution in [0.5, 0.6) is 0 Å². The first-order valence-corrected chi connectivity index (χ1v) is 9.49. The summed E-state index contributed by atoms with van der Waals surface area (Å²) in [5.74, 6) is -0.574. The van der Waals surface area contributed by atoms with E-state index in [2.05, 4.69) is 10.2 Å². The zero-order valence-corrected chi connectivity index (χ0v) is 15.9. The molecule has 0 saturated carbocycles. The average molecular weight is 404 g/mol. The third-order valence-electron chi connectivity index (χ3n) is 5.08. The van der Waals surface area contributed by atoms with Crippen LogP contribution in [0.15, 0.2) is 78.9 Å². The molecule has 0 aliphatic carbocycles. The summed E-state index contributed by atoms with van der Waals surface area (Å²) in [6.45, 7) is 0. The Hall–Kier alpha value is -3.44. The molecule has 0 unspecified atom stereocenters. The molecule has 2 heterocycles. The molecule has 1 amide bonds. The largest absolute Gasteiger partial charge is 0.295 e. The van der Waals surface area contributed by atoms with Gasteiger partial charge in [-0.1, -0.05) is 54.1 Å². The van der Waals surface area contributed by atoms with E-state index in [1.807, 2.05) is 36.4 Å². The molecular formula is C23H15ClFN3O. The Bertz CT molecular complexity index is 1200. The SMILES string of the molecule is O=C1c2[nH]nc(-c3ccccc3)c2[C@@H](c2cccc(F)c2)N1c1ccc(Cl)cc1. The summed E-state index contributed by atoms with van der Waals surface area (Å²) in [4.78, 5) is 15.0. The minimum absolute atomic E-state index is 0.216. The number of amides is 1. The van der Waals surface area contributed by atoms with Crippen molar-refractivity contribution in [1.29, 1.82) is 0 Å². The van der Waals surface area contributed by atoms with Gasteiger partial charge in [-0.05, 0) is 42.0 Å². The number of halogens is 2. The number of nitrogens with one attached hydrogen (secondary N) is 1. The molecule has 1 atom stereocenters. The summed E-state index contributed by atoms with van der Waals surface area (Å²) in [7, 11) is 0. The van der Waals surface area contributed by atoms with Crippen LogP contribution in [0, 0.1) is 5.82 Å². The van der Waals surface area contributed by atoms with Crippen molar-refractivity contribution < 1.29 is 9.18 Å². The van der Waals surface area contributed by atoms with Crippen molar-refractivity contribution in [2.24, 2.45) is 0 Å². The smallest absolute Gasteiger partial charge is 0.277 e. The van der Waals surface area contributed by atoms with Gasteiger partial charge in [-0.15, -0.1) is 0 Å². The second-order valence-electron chi connectivity index (χ2n) is 6.84. The van der Waals surface area contributed by atoms with Crippen LogP contribution < -0.4 is 4.90 Å². The van der Waals surface area contributed by atoms with Gasteiger partial charge in [-0.25, -0.2) is 4.39 Å². The van der Waals surface area contributed by atoms with Crippen LogP contribution in [-0.4, -0.2) is 16.1 Å². The fourth-order valence-corrected chi connectivity index (χ4v) is 3.95. The third kappa shape index (κ3) is 2.91. The van der Waals surface area contributed by atoms with Gasteiger partial charge in [0.1, 0.15) is 11.5 Å². The van der Waals surface area contributed by atoms with Crippen molar-refractivity contribution in [3.05, 3.63) is 107 Å². The van der Waals surface area contributed by atoms with E-state index in [1.54, 1.807) is 35.2 Å². The number of aromatic nitrogens is 2. The molecule has 1 aliphatic rings. The van der Waals surface area contributed by atoms with Crippen LogP contribution in [-0.2, 0) is 0 Å². The minimum Gasteiger partial charge on any atom is -0.295 e. The number of hydrogen-bond donors (Lipinski definition) is 1. The van der Waals surface area contributed by atoms with Gasteiger partial charge in [0.25, 0.3) is 5.91 Å². The van der Waals surface area contributed by atoms with Crippen LogP contribution in [0.25, 0.3) is 11.3 Å². The summed E-state index contributed by atoms with van der Waals surface area (Å²) >= 11 is 6.03. The summed E-state index contributed by atoms with van der Waals surface area (Å²) in [5, 5.41) is 7.89. The van der Waals surface area contributed by atoms with E-state index in [-0.39, 0.29) is 11.7 Å². The molecule has 6 heteroatoms. The monoisotopic (exact) mass is 403 g/mol. The van der Waals surface area contributed by atoms with Crippen molar-refractivity contribution in [1.82, 2.24) is 10.2 Å². The van der Waals surface area contributed by atoms with Gasteiger partial charge >= 0.3 is 0 Å². The van der Waals surface area contributed by atoms with Crippen LogP contribution in [0.4, 0.5) is 10.1 Å². The van der Waals surface area contributed by atoms with Gasteiger partial charge in [0, 0.05) is 21.8 Å². The van der Waals surface area contributed by atoms with Crippen molar-refractivity contribution in [2.75, 3.05) is 4.90 Å². The lowest BCUT2D eigenvalue weighted by Crippen LogP contribution is -2.29. The number of rotatable bonds is 3. The van der Waals surface area contributed by atoms with Crippen molar-refractivity contribution >= 4 is 23.2 Å². The Kier molecular flexibility index (Phi) is 4.18. The summed E-state index contributed by atoms with van der Waals surface area (Å²) in [5.41, 5.74) is 4.06. The van der Waals surface area contributed by atoms with Gasteiger partial charge in [-0.3, -0.25) is 14.8 Å². The normalized spacial score (nSPS) is 15.6. The number of aromatic amines is 1. The Morgan fingerprint density at radius 2 is 1.72 bits per heavy atom. The van der Waals surface area contributed by atoms with Crippen LogP contribution in [0.3, 0.4) is 0 Å². The van der Waals surface area contributed by atoms with Gasteiger partial charge in [0.05, 0.1) is 11.7 Å². The molecule has 0 saturated heterocycles.